The van der Waals surface area contributed by atoms with Crippen molar-refractivity contribution in [2.75, 3.05) is 11.5 Å². The normalized spacial score (nSPS) is 37.3. The third-order valence-electron chi connectivity index (χ3n) is 3.44. The molecular weight excluding hydrogens is 200 g/mol. The summed E-state index contributed by atoms with van der Waals surface area (Å²) >= 11 is 0. The highest BCUT2D eigenvalue weighted by molar-refractivity contribution is 7.91. The van der Waals surface area contributed by atoms with Gasteiger partial charge in [0.2, 0.25) is 0 Å². The quantitative estimate of drug-likeness (QED) is 0.661. The Bertz CT molecular complexity index is 331. The van der Waals surface area contributed by atoms with Crippen molar-refractivity contribution < 1.29 is 13.2 Å². The van der Waals surface area contributed by atoms with Crippen molar-refractivity contribution in [3.8, 4) is 0 Å². The van der Waals surface area contributed by atoms with E-state index in [-0.39, 0.29) is 17.6 Å². The van der Waals surface area contributed by atoms with E-state index in [9.17, 15) is 13.2 Å². The van der Waals surface area contributed by atoms with Gasteiger partial charge in [-0.3, -0.25) is 4.79 Å². The lowest BCUT2D eigenvalue weighted by Crippen LogP contribution is -2.27. The molecule has 0 radical (unpaired) electrons. The van der Waals surface area contributed by atoms with E-state index in [1.807, 2.05) is 0 Å². The number of ketones is 1. The third-order valence-corrected chi connectivity index (χ3v) is 5.23. The summed E-state index contributed by atoms with van der Waals surface area (Å²) in [7, 11) is -2.82. The Labute approximate surface area is 84.8 Å². The van der Waals surface area contributed by atoms with Crippen molar-refractivity contribution in [1.29, 1.82) is 0 Å². The van der Waals surface area contributed by atoms with E-state index in [2.05, 4.69) is 0 Å². The van der Waals surface area contributed by atoms with E-state index in [1.54, 1.807) is 0 Å². The topological polar surface area (TPSA) is 51.2 Å². The van der Waals surface area contributed by atoms with Crippen LogP contribution in [-0.2, 0) is 14.6 Å². The maximum absolute atomic E-state index is 11.6. The van der Waals surface area contributed by atoms with Gasteiger partial charge in [0.1, 0.15) is 5.78 Å². The Balaban J connectivity index is 2.05. The molecule has 0 aromatic carbocycles. The van der Waals surface area contributed by atoms with Gasteiger partial charge >= 0.3 is 0 Å². The van der Waals surface area contributed by atoms with E-state index in [0.29, 0.717) is 24.4 Å². The molecule has 2 aliphatic rings. The molecule has 14 heavy (non-hydrogen) atoms. The van der Waals surface area contributed by atoms with Crippen LogP contribution in [0.1, 0.15) is 32.1 Å². The van der Waals surface area contributed by atoms with Crippen LogP contribution in [-0.4, -0.2) is 25.7 Å². The number of rotatable bonds is 1. The van der Waals surface area contributed by atoms with E-state index in [0.717, 1.165) is 19.3 Å². The summed E-state index contributed by atoms with van der Waals surface area (Å²) < 4.78 is 22.6. The van der Waals surface area contributed by atoms with E-state index in [4.69, 9.17) is 0 Å². The molecule has 3 nitrogen and oxygen atoms in total. The summed E-state index contributed by atoms with van der Waals surface area (Å²) in [4.78, 5) is 11.6. The van der Waals surface area contributed by atoms with Crippen LogP contribution in [0.4, 0.5) is 0 Å². The van der Waals surface area contributed by atoms with Crippen LogP contribution < -0.4 is 0 Å². The smallest absolute Gasteiger partial charge is 0.150 e. The van der Waals surface area contributed by atoms with Crippen molar-refractivity contribution in [3.63, 3.8) is 0 Å². The summed E-state index contributed by atoms with van der Waals surface area (Å²) in [5, 5.41) is 0. The summed E-state index contributed by atoms with van der Waals surface area (Å²) in [6.45, 7) is 0. The predicted octanol–water partition coefficient (Wildman–Crippen LogP) is 1.18. The lowest BCUT2D eigenvalue weighted by molar-refractivity contribution is -0.126. The third kappa shape index (κ3) is 2.00. The second-order valence-corrected chi connectivity index (χ2v) is 6.71. The van der Waals surface area contributed by atoms with E-state index in [1.165, 1.54) is 0 Å². The molecule has 1 saturated carbocycles. The molecule has 80 valence electrons. The Morgan fingerprint density at radius 3 is 2.50 bits per heavy atom. The van der Waals surface area contributed by atoms with Gasteiger partial charge in [0.25, 0.3) is 0 Å². The molecule has 0 aromatic rings. The number of sulfone groups is 1. The molecule has 0 bridgehead atoms. The first-order valence-electron chi connectivity index (χ1n) is 5.32. The number of hydrogen-bond acceptors (Lipinski definition) is 3. The van der Waals surface area contributed by atoms with Crippen LogP contribution in [0.25, 0.3) is 0 Å². The SMILES string of the molecule is O=C1CCCCC1C1CCS(=O)(=O)C1. The van der Waals surface area contributed by atoms with Crippen molar-refractivity contribution in [2.45, 2.75) is 32.1 Å². The first-order valence-corrected chi connectivity index (χ1v) is 7.14. The average molecular weight is 216 g/mol. The van der Waals surface area contributed by atoms with Gasteiger partial charge in [-0.25, -0.2) is 8.42 Å². The Kier molecular flexibility index (Phi) is 2.64. The molecule has 0 aromatic heterocycles. The van der Waals surface area contributed by atoms with E-state index >= 15 is 0 Å². The van der Waals surface area contributed by atoms with Crippen molar-refractivity contribution >= 4 is 15.6 Å². The van der Waals surface area contributed by atoms with Gasteiger partial charge in [0.15, 0.2) is 9.84 Å². The zero-order chi connectivity index (χ0) is 10.2. The van der Waals surface area contributed by atoms with Crippen LogP contribution in [0, 0.1) is 11.8 Å². The van der Waals surface area contributed by atoms with Gasteiger partial charge in [0.05, 0.1) is 11.5 Å². The Morgan fingerprint density at radius 2 is 1.93 bits per heavy atom. The maximum Gasteiger partial charge on any atom is 0.150 e. The summed E-state index contributed by atoms with van der Waals surface area (Å²) in [5.41, 5.74) is 0. The molecule has 1 aliphatic heterocycles. The minimum atomic E-state index is -2.82. The predicted molar refractivity (Wildman–Crippen MR) is 53.7 cm³/mol. The zero-order valence-electron chi connectivity index (χ0n) is 8.24. The first kappa shape index (κ1) is 10.1. The van der Waals surface area contributed by atoms with Crippen molar-refractivity contribution in [1.82, 2.24) is 0 Å². The molecule has 1 saturated heterocycles. The molecule has 4 heteroatoms. The molecule has 2 atom stereocenters. The molecule has 1 aliphatic carbocycles. The lowest BCUT2D eigenvalue weighted by Gasteiger charge is -2.24. The Morgan fingerprint density at radius 1 is 1.14 bits per heavy atom. The van der Waals surface area contributed by atoms with Gasteiger partial charge in [-0.15, -0.1) is 0 Å². The largest absolute Gasteiger partial charge is 0.299 e. The number of Topliss-reactive ketones (excluding diaryl/α,β-unsaturated/α-hetero) is 1. The van der Waals surface area contributed by atoms with Gasteiger partial charge in [-0.1, -0.05) is 6.42 Å². The van der Waals surface area contributed by atoms with Crippen LogP contribution in [0.15, 0.2) is 0 Å². The van der Waals surface area contributed by atoms with Gasteiger partial charge < -0.3 is 0 Å². The maximum atomic E-state index is 11.6. The van der Waals surface area contributed by atoms with Gasteiger partial charge in [0, 0.05) is 12.3 Å². The highest BCUT2D eigenvalue weighted by Crippen LogP contribution is 2.33. The number of carbonyl (C=O) groups is 1. The van der Waals surface area contributed by atoms with Crippen LogP contribution in [0.3, 0.4) is 0 Å². The van der Waals surface area contributed by atoms with Gasteiger partial charge in [-0.2, -0.15) is 0 Å². The zero-order valence-corrected chi connectivity index (χ0v) is 9.05. The minimum absolute atomic E-state index is 0.0565. The second kappa shape index (κ2) is 3.65. The second-order valence-electron chi connectivity index (χ2n) is 4.48. The van der Waals surface area contributed by atoms with Crippen LogP contribution >= 0.6 is 0 Å². The highest BCUT2D eigenvalue weighted by atomic mass is 32.2. The van der Waals surface area contributed by atoms with Crippen LogP contribution in [0.5, 0.6) is 0 Å². The summed E-state index contributed by atoms with van der Waals surface area (Å²) in [6, 6.07) is 0. The lowest BCUT2D eigenvalue weighted by atomic mass is 9.79. The van der Waals surface area contributed by atoms with E-state index < -0.39 is 9.84 Å². The Hall–Kier alpha value is -0.380. The molecule has 0 spiro atoms. The molecule has 0 amide bonds. The monoisotopic (exact) mass is 216 g/mol. The van der Waals surface area contributed by atoms with Crippen LogP contribution in [0.2, 0.25) is 0 Å². The molecule has 2 unspecified atom stereocenters. The molecule has 2 rings (SSSR count). The fourth-order valence-electron chi connectivity index (χ4n) is 2.65. The fraction of sp³-hybridized carbons (Fsp3) is 0.900. The molecule has 1 heterocycles. The standard InChI is InChI=1S/C10H16O3S/c11-10-4-2-1-3-9(10)8-5-6-14(12,13)7-8/h8-9H,1-7H2. The number of hydrogen-bond donors (Lipinski definition) is 0. The summed E-state index contributed by atoms with van der Waals surface area (Å²) in [5.74, 6) is 1.04. The molecule has 2 fully saturated rings. The van der Waals surface area contributed by atoms with Crippen molar-refractivity contribution in [2.24, 2.45) is 11.8 Å². The molecular formula is C10H16O3S. The minimum Gasteiger partial charge on any atom is -0.299 e. The van der Waals surface area contributed by atoms with Gasteiger partial charge in [-0.05, 0) is 25.2 Å². The average Bonchev–Trinajstić information content (AvgIpc) is 2.47. The number of carbonyl (C=O) groups excluding carboxylic acids is 1. The highest BCUT2D eigenvalue weighted by Gasteiger charge is 2.37. The molecule has 0 N–H and O–H groups in total. The summed E-state index contributed by atoms with van der Waals surface area (Å²) in [6.07, 6.45) is 4.38. The fourth-order valence-corrected chi connectivity index (χ4v) is 4.53. The first-order chi connectivity index (χ1) is 6.58. The van der Waals surface area contributed by atoms with Crippen molar-refractivity contribution in [3.05, 3.63) is 0 Å².